The second-order valence-electron chi connectivity index (χ2n) is 8.03. The first kappa shape index (κ1) is 21.1. The van der Waals surface area contributed by atoms with Crippen LogP contribution in [0.1, 0.15) is 30.6 Å². The molecule has 2 aliphatic heterocycles. The highest BCUT2D eigenvalue weighted by molar-refractivity contribution is 6.33. The Bertz CT molecular complexity index is 683. The number of rotatable bonds is 6. The lowest BCUT2D eigenvalue weighted by molar-refractivity contribution is -0.136. The molecule has 1 aromatic rings. The number of amides is 2. The zero-order valence-corrected chi connectivity index (χ0v) is 17.5. The maximum atomic E-state index is 13.1. The molecular weight excluding hydrogens is 378 g/mol. The van der Waals surface area contributed by atoms with E-state index in [4.69, 9.17) is 16.3 Å². The van der Waals surface area contributed by atoms with Crippen molar-refractivity contribution < 1.29 is 14.3 Å². The third-order valence-electron chi connectivity index (χ3n) is 5.56. The van der Waals surface area contributed by atoms with Crippen LogP contribution in [0.25, 0.3) is 0 Å². The van der Waals surface area contributed by atoms with Gasteiger partial charge in [0.2, 0.25) is 5.91 Å². The first-order valence-corrected chi connectivity index (χ1v) is 10.5. The summed E-state index contributed by atoms with van der Waals surface area (Å²) in [6.45, 7) is 9.77. The number of piperazine rings is 1. The highest BCUT2D eigenvalue weighted by Gasteiger charge is 2.32. The van der Waals surface area contributed by atoms with Crippen LogP contribution in [-0.4, -0.2) is 73.6 Å². The van der Waals surface area contributed by atoms with Crippen molar-refractivity contribution in [2.24, 2.45) is 11.8 Å². The summed E-state index contributed by atoms with van der Waals surface area (Å²) >= 11 is 6.13. The lowest BCUT2D eigenvalue weighted by atomic mass is 10.0. The van der Waals surface area contributed by atoms with E-state index >= 15 is 0 Å². The molecule has 2 amide bonds. The van der Waals surface area contributed by atoms with E-state index in [0.717, 1.165) is 39.3 Å². The van der Waals surface area contributed by atoms with E-state index in [2.05, 4.69) is 10.2 Å². The Morgan fingerprint density at radius 3 is 2.54 bits per heavy atom. The number of hydrogen-bond acceptors (Lipinski definition) is 4. The Kier molecular flexibility index (Phi) is 7.32. The molecule has 2 atom stereocenters. The Hall–Kier alpha value is -1.63. The lowest BCUT2D eigenvalue weighted by Crippen LogP contribution is -2.56. The predicted molar refractivity (Wildman–Crippen MR) is 109 cm³/mol. The van der Waals surface area contributed by atoms with Crippen LogP contribution in [0, 0.1) is 11.8 Å². The van der Waals surface area contributed by atoms with Gasteiger partial charge < -0.3 is 15.0 Å². The van der Waals surface area contributed by atoms with Gasteiger partial charge in [0.1, 0.15) is 6.04 Å². The fourth-order valence-corrected chi connectivity index (χ4v) is 4.04. The second-order valence-corrected chi connectivity index (χ2v) is 8.44. The van der Waals surface area contributed by atoms with Crippen LogP contribution in [0.3, 0.4) is 0 Å². The zero-order valence-electron chi connectivity index (χ0n) is 16.7. The number of ether oxygens (including phenoxy) is 1. The number of nitrogens with one attached hydrogen (secondary N) is 1. The molecule has 0 aliphatic carbocycles. The normalized spacial score (nSPS) is 21.7. The number of carbonyl (C=O) groups excluding carboxylic acids is 2. The molecule has 0 saturated carbocycles. The van der Waals surface area contributed by atoms with E-state index in [1.54, 1.807) is 24.3 Å². The van der Waals surface area contributed by atoms with Gasteiger partial charge >= 0.3 is 0 Å². The molecule has 154 valence electrons. The topological polar surface area (TPSA) is 61.9 Å². The van der Waals surface area contributed by atoms with Crippen LogP contribution in [0.2, 0.25) is 5.02 Å². The molecule has 2 aliphatic rings. The number of halogens is 1. The molecule has 1 aromatic carbocycles. The van der Waals surface area contributed by atoms with E-state index in [0.29, 0.717) is 29.6 Å². The van der Waals surface area contributed by atoms with Gasteiger partial charge in [-0.25, -0.2) is 0 Å². The molecule has 2 fully saturated rings. The van der Waals surface area contributed by atoms with Crippen molar-refractivity contribution in [3.05, 3.63) is 34.9 Å². The van der Waals surface area contributed by atoms with Crippen molar-refractivity contribution in [2.75, 3.05) is 45.9 Å². The molecule has 0 spiro atoms. The largest absolute Gasteiger partial charge is 0.381 e. The zero-order chi connectivity index (χ0) is 20.1. The van der Waals surface area contributed by atoms with Gasteiger partial charge in [0, 0.05) is 39.3 Å². The Morgan fingerprint density at radius 2 is 1.93 bits per heavy atom. The van der Waals surface area contributed by atoms with E-state index in [1.165, 1.54) is 0 Å². The summed E-state index contributed by atoms with van der Waals surface area (Å²) in [7, 11) is 0. The average Bonchev–Trinajstić information content (AvgIpc) is 3.19. The monoisotopic (exact) mass is 407 g/mol. The molecule has 6 nitrogen and oxygen atoms in total. The van der Waals surface area contributed by atoms with Gasteiger partial charge in [-0.2, -0.15) is 0 Å². The molecule has 0 radical (unpaired) electrons. The highest BCUT2D eigenvalue weighted by atomic mass is 35.5. The standard InChI is InChI=1S/C21H30ClN3O3/c1-15(2)19(23-20(26)17-5-3-4-6-18(17)22)21(27)25-10-8-24(9-11-25)13-16-7-12-28-14-16/h3-6,15-16,19H,7-14H2,1-2H3,(H,23,26). The Morgan fingerprint density at radius 1 is 1.21 bits per heavy atom. The van der Waals surface area contributed by atoms with Crippen LogP contribution < -0.4 is 5.32 Å². The number of benzene rings is 1. The molecule has 3 rings (SSSR count). The predicted octanol–water partition coefficient (Wildman–Crippen LogP) is 2.28. The maximum Gasteiger partial charge on any atom is 0.253 e. The van der Waals surface area contributed by atoms with Crippen molar-refractivity contribution in [3.8, 4) is 0 Å². The molecule has 7 heteroatoms. The van der Waals surface area contributed by atoms with E-state index in [-0.39, 0.29) is 17.7 Å². The first-order valence-electron chi connectivity index (χ1n) is 10.1. The van der Waals surface area contributed by atoms with E-state index in [1.807, 2.05) is 18.7 Å². The maximum absolute atomic E-state index is 13.1. The van der Waals surface area contributed by atoms with Crippen molar-refractivity contribution >= 4 is 23.4 Å². The number of hydrogen-bond donors (Lipinski definition) is 1. The minimum absolute atomic E-state index is 0.00685. The fraction of sp³-hybridized carbons (Fsp3) is 0.619. The summed E-state index contributed by atoms with van der Waals surface area (Å²) in [6.07, 6.45) is 1.13. The van der Waals surface area contributed by atoms with Gasteiger partial charge in [-0.05, 0) is 30.4 Å². The summed E-state index contributed by atoms with van der Waals surface area (Å²) in [5.74, 6) is 0.282. The quantitative estimate of drug-likeness (QED) is 0.785. The first-order chi connectivity index (χ1) is 13.5. The average molecular weight is 408 g/mol. The van der Waals surface area contributed by atoms with Crippen LogP contribution in [0.4, 0.5) is 0 Å². The molecule has 28 heavy (non-hydrogen) atoms. The van der Waals surface area contributed by atoms with Gasteiger partial charge in [0.25, 0.3) is 5.91 Å². The molecule has 2 heterocycles. The smallest absolute Gasteiger partial charge is 0.253 e. The van der Waals surface area contributed by atoms with Gasteiger partial charge in [-0.1, -0.05) is 37.6 Å². The van der Waals surface area contributed by atoms with E-state index < -0.39 is 6.04 Å². The van der Waals surface area contributed by atoms with Gasteiger partial charge in [0.05, 0.1) is 17.2 Å². The van der Waals surface area contributed by atoms with Gasteiger partial charge in [-0.15, -0.1) is 0 Å². The molecular formula is C21H30ClN3O3. The highest BCUT2D eigenvalue weighted by Crippen LogP contribution is 2.18. The minimum atomic E-state index is -0.557. The summed E-state index contributed by atoms with van der Waals surface area (Å²) in [5.41, 5.74) is 0.395. The minimum Gasteiger partial charge on any atom is -0.381 e. The number of carbonyl (C=O) groups is 2. The van der Waals surface area contributed by atoms with Crippen LogP contribution >= 0.6 is 11.6 Å². The van der Waals surface area contributed by atoms with Crippen LogP contribution in [0.15, 0.2) is 24.3 Å². The fourth-order valence-electron chi connectivity index (χ4n) is 3.82. The molecule has 1 N–H and O–H groups in total. The van der Waals surface area contributed by atoms with Crippen molar-refractivity contribution in [1.29, 1.82) is 0 Å². The molecule has 0 aromatic heterocycles. The summed E-state index contributed by atoms with van der Waals surface area (Å²) in [5, 5.41) is 3.28. The summed E-state index contributed by atoms with van der Waals surface area (Å²) in [4.78, 5) is 30.0. The molecule has 2 unspecified atom stereocenters. The summed E-state index contributed by atoms with van der Waals surface area (Å²) < 4.78 is 5.46. The second kappa shape index (κ2) is 9.72. The SMILES string of the molecule is CC(C)C(NC(=O)c1ccccc1Cl)C(=O)N1CCN(CC2CCOC2)CC1. The molecule has 2 saturated heterocycles. The van der Waals surface area contributed by atoms with Crippen LogP contribution in [0.5, 0.6) is 0 Å². The van der Waals surface area contributed by atoms with Gasteiger partial charge in [0.15, 0.2) is 0 Å². The molecule has 0 bridgehead atoms. The van der Waals surface area contributed by atoms with Gasteiger partial charge in [-0.3, -0.25) is 14.5 Å². The van der Waals surface area contributed by atoms with Crippen molar-refractivity contribution in [3.63, 3.8) is 0 Å². The van der Waals surface area contributed by atoms with E-state index in [9.17, 15) is 9.59 Å². The Balaban J connectivity index is 1.56. The van der Waals surface area contributed by atoms with Crippen LogP contribution in [-0.2, 0) is 9.53 Å². The van der Waals surface area contributed by atoms with Crippen molar-refractivity contribution in [1.82, 2.24) is 15.1 Å². The lowest BCUT2D eigenvalue weighted by Gasteiger charge is -2.38. The summed E-state index contributed by atoms with van der Waals surface area (Å²) in [6, 6.07) is 6.34. The number of nitrogens with zero attached hydrogens (tertiary/aromatic N) is 2. The third-order valence-corrected chi connectivity index (χ3v) is 5.89. The Labute approximate surface area is 172 Å². The van der Waals surface area contributed by atoms with Crippen molar-refractivity contribution in [2.45, 2.75) is 26.3 Å². The third kappa shape index (κ3) is 5.25.